The Kier molecular flexibility index (Phi) is 6.34. The lowest BCUT2D eigenvalue weighted by Crippen LogP contribution is -2.50. The molecule has 0 radical (unpaired) electrons. The van der Waals surface area contributed by atoms with Crippen molar-refractivity contribution in [3.63, 3.8) is 0 Å². The van der Waals surface area contributed by atoms with Crippen LogP contribution in [-0.2, 0) is 0 Å². The lowest BCUT2D eigenvalue weighted by atomic mass is 9.97. The molecule has 0 amide bonds. The van der Waals surface area contributed by atoms with E-state index in [2.05, 4.69) is 20.0 Å². The number of nitrogens with one attached hydrogen (secondary N) is 1. The summed E-state index contributed by atoms with van der Waals surface area (Å²) in [6, 6.07) is 0. The molecule has 3 saturated heterocycles. The van der Waals surface area contributed by atoms with Gasteiger partial charge in [-0.3, -0.25) is 4.90 Å². The van der Waals surface area contributed by atoms with E-state index in [0.717, 1.165) is 5.92 Å². The van der Waals surface area contributed by atoms with Crippen molar-refractivity contribution in [2.45, 2.75) is 32.1 Å². The highest BCUT2D eigenvalue weighted by Gasteiger charge is 2.21. The van der Waals surface area contributed by atoms with Crippen LogP contribution in [0.3, 0.4) is 0 Å². The summed E-state index contributed by atoms with van der Waals surface area (Å²) in [6.45, 7) is 14.3. The summed E-state index contributed by atoms with van der Waals surface area (Å²) in [7, 11) is 0. The van der Waals surface area contributed by atoms with Gasteiger partial charge in [0.1, 0.15) is 0 Å². The molecule has 0 aromatic heterocycles. The molecule has 4 heteroatoms. The summed E-state index contributed by atoms with van der Waals surface area (Å²) >= 11 is 0. The Morgan fingerprint density at radius 3 is 1.90 bits per heavy atom. The van der Waals surface area contributed by atoms with Crippen LogP contribution in [0.2, 0.25) is 0 Å². The first-order valence-corrected chi connectivity index (χ1v) is 9.28. The third-order valence-electron chi connectivity index (χ3n) is 5.62. The van der Waals surface area contributed by atoms with Crippen LogP contribution in [0.25, 0.3) is 0 Å². The van der Waals surface area contributed by atoms with Crippen LogP contribution in [0.1, 0.15) is 32.1 Å². The number of likely N-dealkylation sites (tertiary alicyclic amines) is 1. The quantitative estimate of drug-likeness (QED) is 0.819. The van der Waals surface area contributed by atoms with E-state index >= 15 is 0 Å². The molecule has 21 heavy (non-hydrogen) atoms. The molecule has 3 aliphatic heterocycles. The summed E-state index contributed by atoms with van der Waals surface area (Å²) in [6.07, 6.45) is 7.06. The second-order valence-electron chi connectivity index (χ2n) is 7.24. The predicted octanol–water partition coefficient (Wildman–Crippen LogP) is 1.09. The molecule has 122 valence electrons. The fourth-order valence-corrected chi connectivity index (χ4v) is 4.09. The fraction of sp³-hybridized carbons (Fsp3) is 1.00. The van der Waals surface area contributed by atoms with E-state index in [9.17, 15) is 0 Å². The van der Waals surface area contributed by atoms with E-state index in [1.807, 2.05) is 0 Å². The van der Waals surface area contributed by atoms with Gasteiger partial charge in [-0.1, -0.05) is 6.42 Å². The van der Waals surface area contributed by atoms with Crippen molar-refractivity contribution in [2.24, 2.45) is 5.92 Å². The van der Waals surface area contributed by atoms with Crippen molar-refractivity contribution < 1.29 is 0 Å². The van der Waals surface area contributed by atoms with Crippen molar-refractivity contribution in [3.8, 4) is 0 Å². The molecule has 4 nitrogen and oxygen atoms in total. The number of piperidine rings is 2. The lowest BCUT2D eigenvalue weighted by Gasteiger charge is -2.38. The first kappa shape index (κ1) is 15.7. The minimum atomic E-state index is 0.950. The monoisotopic (exact) mass is 294 g/mol. The Labute approximate surface area is 130 Å². The van der Waals surface area contributed by atoms with Crippen molar-refractivity contribution in [3.05, 3.63) is 0 Å². The standard InChI is InChI=1S/C17H34N4/c1-2-8-19(9-3-1)10-11-20-12-14-21(15-13-20)16-17-4-6-18-7-5-17/h17-18H,1-16H2. The van der Waals surface area contributed by atoms with Gasteiger partial charge < -0.3 is 15.1 Å². The van der Waals surface area contributed by atoms with Crippen molar-refractivity contribution in [1.82, 2.24) is 20.0 Å². The highest BCUT2D eigenvalue weighted by Crippen LogP contribution is 2.15. The van der Waals surface area contributed by atoms with E-state index in [-0.39, 0.29) is 0 Å². The summed E-state index contributed by atoms with van der Waals surface area (Å²) in [5, 5.41) is 3.48. The lowest BCUT2D eigenvalue weighted by molar-refractivity contribution is 0.0984. The molecule has 0 bridgehead atoms. The first-order chi connectivity index (χ1) is 10.4. The van der Waals surface area contributed by atoms with Crippen LogP contribution in [0.15, 0.2) is 0 Å². The summed E-state index contributed by atoms with van der Waals surface area (Å²) in [5.74, 6) is 0.950. The van der Waals surface area contributed by atoms with Crippen LogP contribution in [0.5, 0.6) is 0 Å². The molecule has 3 rings (SSSR count). The molecule has 0 spiro atoms. The molecule has 3 aliphatic rings. The van der Waals surface area contributed by atoms with Gasteiger partial charge >= 0.3 is 0 Å². The molecular weight excluding hydrogens is 260 g/mol. The van der Waals surface area contributed by atoms with Crippen LogP contribution in [0.4, 0.5) is 0 Å². The van der Waals surface area contributed by atoms with E-state index < -0.39 is 0 Å². The van der Waals surface area contributed by atoms with E-state index in [0.29, 0.717) is 0 Å². The van der Waals surface area contributed by atoms with Gasteiger partial charge in [0.2, 0.25) is 0 Å². The Bertz CT molecular complexity index is 277. The molecule has 0 aromatic rings. The zero-order valence-electron chi connectivity index (χ0n) is 13.7. The van der Waals surface area contributed by atoms with Gasteiger partial charge in [0.25, 0.3) is 0 Å². The Balaban J connectivity index is 1.29. The second kappa shape index (κ2) is 8.47. The third kappa shape index (κ3) is 5.20. The fourth-order valence-electron chi connectivity index (χ4n) is 4.09. The third-order valence-corrected chi connectivity index (χ3v) is 5.62. The van der Waals surface area contributed by atoms with E-state index in [1.54, 1.807) is 0 Å². The zero-order chi connectivity index (χ0) is 14.3. The number of hydrogen-bond acceptors (Lipinski definition) is 4. The van der Waals surface area contributed by atoms with Gasteiger partial charge in [-0.05, 0) is 57.8 Å². The second-order valence-corrected chi connectivity index (χ2v) is 7.24. The summed E-state index contributed by atoms with van der Waals surface area (Å²) in [5.41, 5.74) is 0. The molecule has 0 aliphatic carbocycles. The summed E-state index contributed by atoms with van der Waals surface area (Å²) in [4.78, 5) is 8.08. The van der Waals surface area contributed by atoms with Gasteiger partial charge in [-0.15, -0.1) is 0 Å². The van der Waals surface area contributed by atoms with Crippen LogP contribution >= 0.6 is 0 Å². The molecule has 1 N–H and O–H groups in total. The van der Waals surface area contributed by atoms with Gasteiger partial charge in [-0.2, -0.15) is 0 Å². The van der Waals surface area contributed by atoms with Crippen molar-refractivity contribution >= 4 is 0 Å². The van der Waals surface area contributed by atoms with E-state index in [4.69, 9.17) is 0 Å². The zero-order valence-corrected chi connectivity index (χ0v) is 13.7. The topological polar surface area (TPSA) is 21.8 Å². The molecule has 0 atom stereocenters. The van der Waals surface area contributed by atoms with Gasteiger partial charge in [0.05, 0.1) is 0 Å². The molecule has 3 fully saturated rings. The minimum absolute atomic E-state index is 0.950. The number of nitrogens with zero attached hydrogens (tertiary/aromatic N) is 3. The number of rotatable bonds is 5. The largest absolute Gasteiger partial charge is 0.317 e. The molecule has 0 aromatic carbocycles. The predicted molar refractivity (Wildman–Crippen MR) is 88.8 cm³/mol. The minimum Gasteiger partial charge on any atom is -0.317 e. The van der Waals surface area contributed by atoms with Crippen LogP contribution < -0.4 is 5.32 Å². The maximum absolute atomic E-state index is 3.48. The average Bonchev–Trinajstić information content (AvgIpc) is 2.56. The molecule has 3 heterocycles. The molecule has 0 saturated carbocycles. The molecular formula is C17H34N4. The smallest absolute Gasteiger partial charge is 0.0110 e. The van der Waals surface area contributed by atoms with Gasteiger partial charge in [0.15, 0.2) is 0 Å². The maximum Gasteiger partial charge on any atom is 0.0110 e. The van der Waals surface area contributed by atoms with Crippen molar-refractivity contribution in [2.75, 3.05) is 72.0 Å². The Morgan fingerprint density at radius 1 is 0.667 bits per heavy atom. The Morgan fingerprint density at radius 2 is 1.24 bits per heavy atom. The highest BCUT2D eigenvalue weighted by atomic mass is 15.3. The van der Waals surface area contributed by atoms with Gasteiger partial charge in [0, 0.05) is 45.8 Å². The number of hydrogen-bond donors (Lipinski definition) is 1. The highest BCUT2D eigenvalue weighted by molar-refractivity contribution is 4.78. The normalized spacial score (nSPS) is 28.0. The van der Waals surface area contributed by atoms with Crippen LogP contribution in [0, 0.1) is 5.92 Å². The maximum atomic E-state index is 3.48. The number of piperazine rings is 1. The SMILES string of the molecule is C1CCN(CCN2CCN(CC3CCNCC3)CC2)CC1. The molecule has 0 unspecified atom stereocenters. The Hall–Kier alpha value is -0.160. The van der Waals surface area contributed by atoms with Gasteiger partial charge in [-0.25, -0.2) is 0 Å². The van der Waals surface area contributed by atoms with Crippen molar-refractivity contribution in [1.29, 1.82) is 0 Å². The average molecular weight is 294 g/mol. The summed E-state index contributed by atoms with van der Waals surface area (Å²) < 4.78 is 0. The first-order valence-electron chi connectivity index (χ1n) is 9.28. The van der Waals surface area contributed by atoms with Crippen LogP contribution in [-0.4, -0.2) is 86.7 Å². The van der Waals surface area contributed by atoms with E-state index in [1.165, 1.54) is 104 Å².